The summed E-state index contributed by atoms with van der Waals surface area (Å²) >= 11 is 0. The Kier molecular flexibility index (Phi) is 9.21. The van der Waals surface area contributed by atoms with Crippen LogP contribution < -0.4 is 0 Å². The van der Waals surface area contributed by atoms with E-state index in [2.05, 4.69) is 27.7 Å². The number of rotatable bonds is 0. The molecular weight excluding hydrogens is 252 g/mol. The van der Waals surface area contributed by atoms with Gasteiger partial charge in [-0.3, -0.25) is 0 Å². The lowest BCUT2D eigenvalue weighted by Gasteiger charge is -2.50. The summed E-state index contributed by atoms with van der Waals surface area (Å²) in [5, 5.41) is 0. The van der Waals surface area contributed by atoms with Gasteiger partial charge in [-0.25, -0.2) is 0 Å². The molecule has 4 rings (SSSR count). The quantitative estimate of drug-likeness (QED) is 0.426. The van der Waals surface area contributed by atoms with E-state index in [0.29, 0.717) is 0 Å². The van der Waals surface area contributed by atoms with Gasteiger partial charge in [0.1, 0.15) is 0 Å². The minimum atomic E-state index is 0. The maximum atomic E-state index is 2.48. The zero-order valence-electron chi connectivity index (χ0n) is 15.2. The molecule has 0 aromatic carbocycles. The van der Waals surface area contributed by atoms with Crippen molar-refractivity contribution in [1.82, 2.24) is 0 Å². The molecule has 4 fully saturated rings. The van der Waals surface area contributed by atoms with Crippen molar-refractivity contribution in [3.63, 3.8) is 0 Å². The lowest BCUT2D eigenvalue weighted by atomic mass is 9.55. The third kappa shape index (κ3) is 6.74. The summed E-state index contributed by atoms with van der Waals surface area (Å²) in [5.74, 6) is 2.04. The molecule has 0 saturated heterocycles. The number of fused-ring (bicyclic) bond motifs is 3. The van der Waals surface area contributed by atoms with E-state index < -0.39 is 0 Å². The van der Waals surface area contributed by atoms with Crippen molar-refractivity contribution in [2.45, 2.75) is 113 Å². The standard InChI is InChI=1S/C10H18.C8H16.C2H6.CH4/c1-9-3-6-10(2,7-4-9)8-5-9;1-7-3-5-8(2)6-4-7;1-2;/h3-8H2,1-2H3;7-8H,3-6H2,1-2H3;1-2H3;1H4. The molecule has 0 N–H and O–H groups in total. The van der Waals surface area contributed by atoms with Crippen LogP contribution in [0.4, 0.5) is 0 Å². The topological polar surface area (TPSA) is 0 Å². The van der Waals surface area contributed by atoms with E-state index in [4.69, 9.17) is 0 Å². The highest BCUT2D eigenvalue weighted by Gasteiger charge is 2.42. The molecule has 0 spiro atoms. The van der Waals surface area contributed by atoms with Gasteiger partial charge >= 0.3 is 0 Å². The molecule has 128 valence electrons. The fraction of sp³-hybridized carbons (Fsp3) is 1.00. The second-order valence-corrected chi connectivity index (χ2v) is 8.49. The maximum Gasteiger partial charge on any atom is -0.0325 e. The minimum absolute atomic E-state index is 0. The van der Waals surface area contributed by atoms with Crippen molar-refractivity contribution in [3.8, 4) is 0 Å². The zero-order valence-corrected chi connectivity index (χ0v) is 15.2. The third-order valence-electron chi connectivity index (χ3n) is 6.30. The summed E-state index contributed by atoms with van der Waals surface area (Å²) in [6.07, 6.45) is 14.9. The Balaban J connectivity index is 0.000000334. The first-order valence-corrected chi connectivity index (χ1v) is 9.41. The van der Waals surface area contributed by atoms with Crippen LogP contribution in [0.2, 0.25) is 0 Å². The molecule has 0 atom stereocenters. The first kappa shape index (κ1) is 21.0. The molecule has 0 radical (unpaired) electrons. The summed E-state index contributed by atoms with van der Waals surface area (Å²) in [7, 11) is 0. The van der Waals surface area contributed by atoms with E-state index in [1.165, 1.54) is 64.2 Å². The second-order valence-electron chi connectivity index (χ2n) is 8.49. The van der Waals surface area contributed by atoms with E-state index in [9.17, 15) is 0 Å². The molecule has 0 heteroatoms. The molecule has 0 aliphatic heterocycles. The van der Waals surface area contributed by atoms with Gasteiger partial charge < -0.3 is 0 Å². The van der Waals surface area contributed by atoms with Gasteiger partial charge in [0.05, 0.1) is 0 Å². The molecule has 0 heterocycles. The highest BCUT2D eigenvalue weighted by Crippen LogP contribution is 2.56. The van der Waals surface area contributed by atoms with Crippen molar-refractivity contribution in [2.75, 3.05) is 0 Å². The van der Waals surface area contributed by atoms with Crippen molar-refractivity contribution < 1.29 is 0 Å². The SMILES string of the molecule is C.CC.CC12CCC(C)(CC1)CC2.CC1CCC(C)CC1. The van der Waals surface area contributed by atoms with Gasteiger partial charge in [0, 0.05) is 0 Å². The van der Waals surface area contributed by atoms with E-state index in [0.717, 1.165) is 22.7 Å². The minimum Gasteiger partial charge on any atom is -0.0776 e. The molecule has 4 aliphatic carbocycles. The van der Waals surface area contributed by atoms with Gasteiger partial charge in [-0.1, -0.05) is 74.7 Å². The van der Waals surface area contributed by atoms with Crippen LogP contribution in [-0.2, 0) is 0 Å². The summed E-state index contributed by atoms with van der Waals surface area (Å²) in [5.41, 5.74) is 1.52. The van der Waals surface area contributed by atoms with Crippen LogP contribution in [-0.4, -0.2) is 0 Å². The molecular formula is C21H44. The van der Waals surface area contributed by atoms with Gasteiger partial charge in [-0.15, -0.1) is 0 Å². The molecule has 0 nitrogen and oxygen atoms in total. The van der Waals surface area contributed by atoms with Gasteiger partial charge in [-0.05, 0) is 61.2 Å². The smallest absolute Gasteiger partial charge is 0.0325 e. The van der Waals surface area contributed by atoms with Crippen molar-refractivity contribution in [1.29, 1.82) is 0 Å². The highest BCUT2D eigenvalue weighted by atomic mass is 14.5. The molecule has 0 amide bonds. The highest BCUT2D eigenvalue weighted by molar-refractivity contribution is 4.94. The summed E-state index contributed by atoms with van der Waals surface area (Å²) < 4.78 is 0. The average Bonchev–Trinajstić information content (AvgIpc) is 2.47. The third-order valence-corrected chi connectivity index (χ3v) is 6.30. The Bertz CT molecular complexity index is 205. The molecule has 0 aromatic heterocycles. The zero-order chi connectivity index (χ0) is 15.2. The molecule has 4 aliphatic rings. The van der Waals surface area contributed by atoms with Crippen LogP contribution >= 0.6 is 0 Å². The molecule has 0 aromatic rings. The Morgan fingerprint density at radius 1 is 0.571 bits per heavy atom. The van der Waals surface area contributed by atoms with Gasteiger partial charge in [-0.2, -0.15) is 0 Å². The molecule has 2 bridgehead atoms. The number of hydrogen-bond donors (Lipinski definition) is 0. The molecule has 4 saturated carbocycles. The molecule has 0 unspecified atom stereocenters. The van der Waals surface area contributed by atoms with E-state index in [1.807, 2.05) is 13.8 Å². The van der Waals surface area contributed by atoms with Crippen LogP contribution in [0.5, 0.6) is 0 Å². The monoisotopic (exact) mass is 296 g/mol. The predicted octanol–water partition coefficient (Wildman–Crippen LogP) is 7.86. The van der Waals surface area contributed by atoms with Crippen molar-refractivity contribution in [3.05, 3.63) is 0 Å². The fourth-order valence-electron chi connectivity index (χ4n) is 3.99. The van der Waals surface area contributed by atoms with Crippen LogP contribution in [0.15, 0.2) is 0 Å². The average molecular weight is 297 g/mol. The van der Waals surface area contributed by atoms with Crippen LogP contribution in [0.3, 0.4) is 0 Å². The van der Waals surface area contributed by atoms with E-state index in [1.54, 1.807) is 0 Å². The lowest BCUT2D eigenvalue weighted by molar-refractivity contribution is 0.0164. The largest absolute Gasteiger partial charge is 0.0776 e. The van der Waals surface area contributed by atoms with Gasteiger partial charge in [0.25, 0.3) is 0 Å². The first-order chi connectivity index (χ1) is 9.41. The summed E-state index contributed by atoms with van der Waals surface area (Å²) in [6, 6.07) is 0. The lowest BCUT2D eigenvalue weighted by Crippen LogP contribution is -2.37. The summed E-state index contributed by atoms with van der Waals surface area (Å²) in [4.78, 5) is 0. The van der Waals surface area contributed by atoms with E-state index in [-0.39, 0.29) is 7.43 Å². The summed E-state index contributed by atoms with van der Waals surface area (Å²) in [6.45, 7) is 13.7. The van der Waals surface area contributed by atoms with E-state index >= 15 is 0 Å². The maximum absolute atomic E-state index is 2.48. The Morgan fingerprint density at radius 2 is 0.762 bits per heavy atom. The predicted molar refractivity (Wildman–Crippen MR) is 98.8 cm³/mol. The first-order valence-electron chi connectivity index (χ1n) is 9.41. The normalized spacial score (nSPS) is 40.9. The Hall–Kier alpha value is 0. The van der Waals surface area contributed by atoms with Crippen LogP contribution in [0.25, 0.3) is 0 Å². The van der Waals surface area contributed by atoms with Gasteiger partial charge in [0.15, 0.2) is 0 Å². The second kappa shape index (κ2) is 9.21. The Morgan fingerprint density at radius 3 is 0.952 bits per heavy atom. The van der Waals surface area contributed by atoms with Crippen LogP contribution in [0.1, 0.15) is 113 Å². The van der Waals surface area contributed by atoms with Gasteiger partial charge in [0.2, 0.25) is 0 Å². The van der Waals surface area contributed by atoms with Crippen LogP contribution in [0, 0.1) is 22.7 Å². The van der Waals surface area contributed by atoms with Crippen molar-refractivity contribution >= 4 is 0 Å². The van der Waals surface area contributed by atoms with Crippen molar-refractivity contribution in [2.24, 2.45) is 22.7 Å². The Labute approximate surface area is 136 Å². The number of hydrogen-bond acceptors (Lipinski definition) is 0. The molecule has 21 heavy (non-hydrogen) atoms. The fourth-order valence-corrected chi connectivity index (χ4v) is 3.99.